The Morgan fingerprint density at radius 2 is 2.11 bits per heavy atom. The smallest absolute Gasteiger partial charge is 0.275 e. The van der Waals surface area contributed by atoms with Crippen molar-refractivity contribution < 1.29 is 19.1 Å². The summed E-state index contributed by atoms with van der Waals surface area (Å²) in [6, 6.07) is 7.64. The minimum atomic E-state index is -3.16. The average molecular weight is 406 g/mol. The summed E-state index contributed by atoms with van der Waals surface area (Å²) in [7, 11) is -3.16. The van der Waals surface area contributed by atoms with E-state index in [4.69, 9.17) is 4.52 Å². The average Bonchev–Trinajstić information content (AvgIpc) is 3.21. The molecule has 0 aliphatic heterocycles. The molecule has 3 rings (SSSR count). The zero-order chi connectivity index (χ0) is 20.0. The number of nitrogens with zero attached hydrogens (tertiary/aromatic N) is 2. The molecule has 1 fully saturated rings. The van der Waals surface area contributed by atoms with Gasteiger partial charge in [0.2, 0.25) is 12.2 Å². The Morgan fingerprint density at radius 1 is 1.32 bits per heavy atom. The van der Waals surface area contributed by atoms with Gasteiger partial charge in [0.1, 0.15) is 6.16 Å². The van der Waals surface area contributed by atoms with Crippen LogP contribution in [0.15, 0.2) is 35.2 Å². The summed E-state index contributed by atoms with van der Waals surface area (Å²) in [4.78, 5) is 37.1. The number of benzene rings is 1. The minimum Gasteiger partial charge on any atom is -0.342 e. The zero-order valence-corrected chi connectivity index (χ0v) is 17.1. The molecule has 1 aromatic carbocycles. The van der Waals surface area contributed by atoms with Crippen LogP contribution in [0.5, 0.6) is 0 Å². The Labute approximate surface area is 166 Å². The van der Waals surface area contributed by atoms with E-state index in [1.165, 1.54) is 12.8 Å². The highest BCUT2D eigenvalue weighted by molar-refractivity contribution is 7.65. The van der Waals surface area contributed by atoms with Crippen molar-refractivity contribution in [2.45, 2.75) is 45.1 Å². The van der Waals surface area contributed by atoms with Gasteiger partial charge < -0.3 is 9.84 Å². The van der Waals surface area contributed by atoms with Crippen molar-refractivity contribution in [3.63, 3.8) is 0 Å². The van der Waals surface area contributed by atoms with Gasteiger partial charge in [-0.1, -0.05) is 42.6 Å². The molecule has 1 atom stereocenters. The molecule has 152 valence electrons. The summed E-state index contributed by atoms with van der Waals surface area (Å²) in [6.07, 6.45) is 7.17. The SMILES string of the molecule is CC(NCC(=O)C[P+](O)(O)CC1CCCCC1)c1cccc(-c2ncon2)c1. The van der Waals surface area contributed by atoms with Gasteiger partial charge in [-0.2, -0.15) is 4.98 Å². The molecule has 1 aromatic heterocycles. The minimum absolute atomic E-state index is 0.0701. The standard InChI is InChI=1S/C20H29N3O4P/c1-15(17-8-5-9-18(10-17)20-22-14-27-23-20)21-11-19(24)13-28(25,26)12-16-6-3-2-4-7-16/h5,8-10,14-16,21,25-26H,2-4,6-7,11-13H2,1H3/q+1. The summed E-state index contributed by atoms with van der Waals surface area (Å²) in [5, 5.41) is 7.02. The van der Waals surface area contributed by atoms with E-state index in [0.29, 0.717) is 17.9 Å². The molecule has 0 amide bonds. The van der Waals surface area contributed by atoms with Gasteiger partial charge in [0, 0.05) is 11.6 Å². The molecule has 0 saturated heterocycles. The quantitative estimate of drug-likeness (QED) is 0.548. The van der Waals surface area contributed by atoms with E-state index >= 15 is 0 Å². The lowest BCUT2D eigenvalue weighted by Crippen LogP contribution is -2.29. The van der Waals surface area contributed by atoms with Gasteiger partial charge in [-0.3, -0.25) is 4.79 Å². The van der Waals surface area contributed by atoms with Crippen LogP contribution in [0.1, 0.15) is 50.6 Å². The number of hydrogen-bond acceptors (Lipinski definition) is 7. The largest absolute Gasteiger partial charge is 0.342 e. The van der Waals surface area contributed by atoms with E-state index in [1.807, 2.05) is 31.2 Å². The van der Waals surface area contributed by atoms with Crippen LogP contribution in [-0.2, 0) is 4.79 Å². The normalized spacial score (nSPS) is 16.8. The molecule has 2 aromatic rings. The fourth-order valence-electron chi connectivity index (χ4n) is 3.82. The third-order valence-electron chi connectivity index (χ3n) is 5.32. The van der Waals surface area contributed by atoms with Crippen LogP contribution < -0.4 is 5.32 Å². The summed E-state index contributed by atoms with van der Waals surface area (Å²) in [5.41, 5.74) is 1.83. The molecule has 7 nitrogen and oxygen atoms in total. The number of nitrogens with one attached hydrogen (secondary N) is 1. The highest BCUT2D eigenvalue weighted by atomic mass is 31.2. The molecule has 1 heterocycles. The molecule has 1 aliphatic carbocycles. The van der Waals surface area contributed by atoms with E-state index in [0.717, 1.165) is 36.8 Å². The molecule has 8 heteroatoms. The maximum atomic E-state index is 12.3. The molecular weight excluding hydrogens is 377 g/mol. The zero-order valence-electron chi connectivity index (χ0n) is 16.3. The predicted octanol–water partition coefficient (Wildman–Crippen LogP) is 3.37. The topological polar surface area (TPSA) is 108 Å². The van der Waals surface area contributed by atoms with Gasteiger partial charge in [-0.15, -0.1) is 0 Å². The van der Waals surface area contributed by atoms with Crippen LogP contribution in [-0.4, -0.2) is 44.6 Å². The van der Waals surface area contributed by atoms with Crippen molar-refractivity contribution in [2.75, 3.05) is 18.9 Å². The highest BCUT2D eigenvalue weighted by Gasteiger charge is 2.39. The summed E-state index contributed by atoms with van der Waals surface area (Å²) < 4.78 is 4.78. The molecule has 1 aliphatic rings. The number of ketones is 1. The molecular formula is C20H29N3O4P+. The number of hydrogen-bond donors (Lipinski definition) is 3. The van der Waals surface area contributed by atoms with Gasteiger partial charge in [0.05, 0.1) is 6.54 Å². The van der Waals surface area contributed by atoms with Crippen LogP contribution >= 0.6 is 7.72 Å². The van der Waals surface area contributed by atoms with Crippen molar-refractivity contribution in [3.05, 3.63) is 36.2 Å². The molecule has 1 unspecified atom stereocenters. The van der Waals surface area contributed by atoms with Gasteiger partial charge in [0.15, 0.2) is 11.9 Å². The first kappa shape index (κ1) is 21.1. The first-order valence-electron chi connectivity index (χ1n) is 9.87. The Bertz CT molecular complexity index is 761. The fraction of sp³-hybridized carbons (Fsp3) is 0.550. The van der Waals surface area contributed by atoms with Crippen LogP contribution in [0, 0.1) is 5.92 Å². The van der Waals surface area contributed by atoms with Gasteiger partial charge in [0.25, 0.3) is 7.72 Å². The molecule has 0 radical (unpaired) electrons. The Hall–Kier alpha value is -1.66. The lowest BCUT2D eigenvalue weighted by Gasteiger charge is -2.23. The van der Waals surface area contributed by atoms with Crippen LogP contribution in [0.3, 0.4) is 0 Å². The summed E-state index contributed by atoms with van der Waals surface area (Å²) >= 11 is 0. The second-order valence-corrected chi connectivity index (χ2v) is 10.2. The van der Waals surface area contributed by atoms with E-state index in [-0.39, 0.29) is 24.5 Å². The molecule has 3 N–H and O–H groups in total. The number of carbonyl (C=O) groups excluding carboxylic acids is 1. The van der Waals surface area contributed by atoms with Gasteiger partial charge in [-0.05, 0) is 37.3 Å². The van der Waals surface area contributed by atoms with Crippen molar-refractivity contribution in [1.29, 1.82) is 0 Å². The Morgan fingerprint density at radius 3 is 2.82 bits per heavy atom. The second-order valence-electron chi connectivity index (χ2n) is 7.74. The fourth-order valence-corrected chi connectivity index (χ4v) is 5.81. The summed E-state index contributed by atoms with van der Waals surface area (Å²) in [6.45, 7) is 2.08. The maximum Gasteiger partial charge on any atom is 0.275 e. The number of Topliss-reactive ketones (excluding diaryl/α,β-unsaturated/α-hetero) is 1. The van der Waals surface area contributed by atoms with Gasteiger partial charge in [-0.25, -0.2) is 9.79 Å². The Balaban J connectivity index is 1.49. The number of carbonyl (C=O) groups is 1. The Kier molecular flexibility index (Phi) is 7.30. The second kappa shape index (κ2) is 9.70. The number of aromatic nitrogens is 2. The van der Waals surface area contributed by atoms with Crippen LogP contribution in [0.2, 0.25) is 0 Å². The highest BCUT2D eigenvalue weighted by Crippen LogP contribution is 2.53. The van der Waals surface area contributed by atoms with Crippen molar-refractivity contribution in [1.82, 2.24) is 15.5 Å². The van der Waals surface area contributed by atoms with E-state index in [1.54, 1.807) is 0 Å². The van der Waals surface area contributed by atoms with Gasteiger partial charge >= 0.3 is 0 Å². The van der Waals surface area contributed by atoms with E-state index < -0.39 is 7.72 Å². The molecule has 0 bridgehead atoms. The van der Waals surface area contributed by atoms with E-state index in [9.17, 15) is 14.6 Å². The van der Waals surface area contributed by atoms with Crippen molar-refractivity contribution >= 4 is 13.5 Å². The molecule has 1 saturated carbocycles. The van der Waals surface area contributed by atoms with Crippen LogP contribution in [0.4, 0.5) is 0 Å². The first-order chi connectivity index (χ1) is 13.4. The first-order valence-corrected chi connectivity index (χ1v) is 11.9. The lowest BCUT2D eigenvalue weighted by molar-refractivity contribution is -0.116. The third-order valence-corrected chi connectivity index (χ3v) is 7.28. The predicted molar refractivity (Wildman–Crippen MR) is 109 cm³/mol. The molecule has 0 spiro atoms. The van der Waals surface area contributed by atoms with Crippen molar-refractivity contribution in [3.8, 4) is 11.4 Å². The van der Waals surface area contributed by atoms with E-state index in [2.05, 4.69) is 15.5 Å². The van der Waals surface area contributed by atoms with Crippen molar-refractivity contribution in [2.24, 2.45) is 5.92 Å². The van der Waals surface area contributed by atoms with Crippen LogP contribution in [0.25, 0.3) is 11.4 Å². The molecule has 28 heavy (non-hydrogen) atoms. The number of rotatable bonds is 9. The summed E-state index contributed by atoms with van der Waals surface area (Å²) in [5.74, 6) is 0.711. The third kappa shape index (κ3) is 6.17. The maximum absolute atomic E-state index is 12.3. The monoisotopic (exact) mass is 406 g/mol. The lowest BCUT2D eigenvalue weighted by atomic mass is 9.91.